The molecule has 142 valence electrons. The van der Waals surface area contributed by atoms with Gasteiger partial charge in [0.1, 0.15) is 5.75 Å². The molecule has 5 nitrogen and oxygen atoms in total. The molecule has 0 radical (unpaired) electrons. The lowest BCUT2D eigenvalue weighted by Crippen LogP contribution is -2.32. The maximum absolute atomic E-state index is 12.5. The maximum atomic E-state index is 12.5. The Morgan fingerprint density at radius 3 is 2.42 bits per heavy atom. The van der Waals surface area contributed by atoms with E-state index in [1.807, 2.05) is 24.3 Å². The standard InChI is InChI=1S/C19H24N2O3S.ClH/c1-13(2)14-3-5-15(6-4-14)18(20)12-21-25(22,23)17-7-8-19-16(11-17)9-10-24-19;/h3-8,11,13,18,21H,9-10,12,20H2,1-2H3;1H. The minimum Gasteiger partial charge on any atom is -0.493 e. The van der Waals surface area contributed by atoms with E-state index in [1.165, 1.54) is 5.56 Å². The molecule has 0 spiro atoms. The van der Waals surface area contributed by atoms with Crippen molar-refractivity contribution in [1.82, 2.24) is 4.72 Å². The third-order valence-electron chi connectivity index (χ3n) is 4.50. The van der Waals surface area contributed by atoms with Crippen LogP contribution in [-0.2, 0) is 16.4 Å². The molecule has 0 amide bonds. The predicted octanol–water partition coefficient (Wildman–Crippen LogP) is 3.15. The van der Waals surface area contributed by atoms with Crippen molar-refractivity contribution in [3.05, 3.63) is 59.2 Å². The second kappa shape index (κ2) is 8.39. The highest BCUT2D eigenvalue weighted by Crippen LogP contribution is 2.27. The molecule has 7 heteroatoms. The van der Waals surface area contributed by atoms with Gasteiger partial charge in [-0.1, -0.05) is 38.1 Å². The number of rotatable bonds is 6. The van der Waals surface area contributed by atoms with Gasteiger partial charge in [0, 0.05) is 19.0 Å². The van der Waals surface area contributed by atoms with Crippen LogP contribution in [0.25, 0.3) is 0 Å². The van der Waals surface area contributed by atoms with Crippen molar-refractivity contribution in [3.63, 3.8) is 0 Å². The van der Waals surface area contributed by atoms with Crippen LogP contribution in [0.2, 0.25) is 0 Å². The third kappa shape index (κ3) is 4.57. The lowest BCUT2D eigenvalue weighted by Gasteiger charge is -2.15. The fourth-order valence-electron chi connectivity index (χ4n) is 2.86. The molecule has 1 unspecified atom stereocenters. The molecule has 3 N–H and O–H groups in total. The van der Waals surface area contributed by atoms with Crippen molar-refractivity contribution in [3.8, 4) is 5.75 Å². The molecule has 1 atom stereocenters. The van der Waals surface area contributed by atoms with Gasteiger partial charge in [0.05, 0.1) is 11.5 Å². The number of fused-ring (bicyclic) bond motifs is 1. The van der Waals surface area contributed by atoms with Crippen LogP contribution in [0.15, 0.2) is 47.4 Å². The molecule has 3 rings (SSSR count). The van der Waals surface area contributed by atoms with Crippen LogP contribution in [0.4, 0.5) is 0 Å². The van der Waals surface area contributed by atoms with E-state index in [9.17, 15) is 8.42 Å². The van der Waals surface area contributed by atoms with E-state index in [0.717, 1.165) is 23.3 Å². The quantitative estimate of drug-likeness (QED) is 0.785. The highest BCUT2D eigenvalue weighted by molar-refractivity contribution is 7.89. The van der Waals surface area contributed by atoms with Crippen molar-refractivity contribution in [1.29, 1.82) is 0 Å². The molecule has 0 aromatic heterocycles. The first-order chi connectivity index (χ1) is 11.9. The Balaban J connectivity index is 0.00000243. The Bertz CT molecular complexity index is 852. The van der Waals surface area contributed by atoms with Gasteiger partial charge in [0.15, 0.2) is 0 Å². The highest BCUT2D eigenvalue weighted by atomic mass is 35.5. The van der Waals surface area contributed by atoms with Gasteiger partial charge in [-0.3, -0.25) is 0 Å². The summed E-state index contributed by atoms with van der Waals surface area (Å²) in [6.45, 7) is 5.01. The first-order valence-corrected chi connectivity index (χ1v) is 9.96. The summed E-state index contributed by atoms with van der Waals surface area (Å²) in [6.07, 6.45) is 0.737. The van der Waals surface area contributed by atoms with Gasteiger partial charge in [-0.25, -0.2) is 13.1 Å². The van der Waals surface area contributed by atoms with Crippen LogP contribution in [0.5, 0.6) is 5.75 Å². The monoisotopic (exact) mass is 396 g/mol. The first kappa shape index (κ1) is 20.7. The maximum Gasteiger partial charge on any atom is 0.240 e. The highest BCUT2D eigenvalue weighted by Gasteiger charge is 2.20. The lowest BCUT2D eigenvalue weighted by atomic mass is 9.99. The first-order valence-electron chi connectivity index (χ1n) is 8.47. The van der Waals surface area contributed by atoms with Crippen LogP contribution >= 0.6 is 12.4 Å². The average Bonchev–Trinajstić information content (AvgIpc) is 3.07. The number of halogens is 1. The molecular formula is C19H25ClN2O3S. The summed E-state index contributed by atoms with van der Waals surface area (Å²) in [5, 5.41) is 0. The topological polar surface area (TPSA) is 81.4 Å². The molecular weight excluding hydrogens is 372 g/mol. The fraction of sp³-hybridized carbons (Fsp3) is 0.368. The molecule has 0 bridgehead atoms. The molecule has 0 fully saturated rings. The van der Waals surface area contributed by atoms with E-state index < -0.39 is 16.1 Å². The number of nitrogens with two attached hydrogens (primary N) is 1. The van der Waals surface area contributed by atoms with Crippen LogP contribution < -0.4 is 15.2 Å². The SMILES string of the molecule is CC(C)c1ccc(C(N)CNS(=O)(=O)c2ccc3c(c2)CCO3)cc1.Cl. The molecule has 1 aliphatic heterocycles. The van der Waals surface area contributed by atoms with Crippen LogP contribution in [-0.4, -0.2) is 21.6 Å². The molecule has 0 saturated carbocycles. The summed E-state index contributed by atoms with van der Waals surface area (Å²) in [5.41, 5.74) is 9.22. The van der Waals surface area contributed by atoms with E-state index in [-0.39, 0.29) is 23.8 Å². The van der Waals surface area contributed by atoms with E-state index in [4.69, 9.17) is 10.5 Å². The molecule has 1 aliphatic rings. The molecule has 1 heterocycles. The number of nitrogens with one attached hydrogen (secondary N) is 1. The molecule has 0 saturated heterocycles. The van der Waals surface area contributed by atoms with Crippen LogP contribution in [0, 0.1) is 0 Å². The van der Waals surface area contributed by atoms with Gasteiger partial charge in [-0.05, 0) is 40.8 Å². The minimum absolute atomic E-state index is 0. The zero-order valence-corrected chi connectivity index (χ0v) is 16.6. The van der Waals surface area contributed by atoms with Crippen LogP contribution in [0.1, 0.15) is 42.5 Å². The van der Waals surface area contributed by atoms with Crippen molar-refractivity contribution in [2.45, 2.75) is 37.1 Å². The van der Waals surface area contributed by atoms with Gasteiger partial charge in [-0.15, -0.1) is 12.4 Å². The van der Waals surface area contributed by atoms with Crippen molar-refractivity contribution in [2.75, 3.05) is 13.2 Å². The number of benzene rings is 2. The molecule has 0 aliphatic carbocycles. The predicted molar refractivity (Wildman–Crippen MR) is 106 cm³/mol. The van der Waals surface area contributed by atoms with Gasteiger partial charge < -0.3 is 10.5 Å². The number of ether oxygens (including phenoxy) is 1. The number of sulfonamides is 1. The van der Waals surface area contributed by atoms with E-state index in [1.54, 1.807) is 18.2 Å². The Morgan fingerprint density at radius 2 is 1.77 bits per heavy atom. The third-order valence-corrected chi connectivity index (χ3v) is 5.92. The van der Waals surface area contributed by atoms with Gasteiger partial charge in [0.25, 0.3) is 0 Å². The molecule has 26 heavy (non-hydrogen) atoms. The smallest absolute Gasteiger partial charge is 0.240 e. The van der Waals surface area contributed by atoms with Gasteiger partial charge >= 0.3 is 0 Å². The summed E-state index contributed by atoms with van der Waals surface area (Å²) in [7, 11) is -3.59. The Labute approximate surface area is 161 Å². The Kier molecular flexibility index (Phi) is 6.69. The summed E-state index contributed by atoms with van der Waals surface area (Å²) < 4.78 is 33.0. The van der Waals surface area contributed by atoms with Crippen molar-refractivity contribution >= 4 is 22.4 Å². The number of hydrogen-bond acceptors (Lipinski definition) is 4. The Hall–Kier alpha value is -1.60. The van der Waals surface area contributed by atoms with Crippen molar-refractivity contribution < 1.29 is 13.2 Å². The largest absolute Gasteiger partial charge is 0.493 e. The summed E-state index contributed by atoms with van der Waals surface area (Å²) in [5.74, 6) is 1.22. The normalized spacial score (nSPS) is 14.5. The summed E-state index contributed by atoms with van der Waals surface area (Å²) >= 11 is 0. The minimum atomic E-state index is -3.59. The van der Waals surface area contributed by atoms with Gasteiger partial charge in [0.2, 0.25) is 10.0 Å². The zero-order chi connectivity index (χ0) is 18.0. The lowest BCUT2D eigenvalue weighted by molar-refractivity contribution is 0.356. The average molecular weight is 397 g/mol. The van der Waals surface area contributed by atoms with E-state index in [0.29, 0.717) is 12.5 Å². The summed E-state index contributed by atoms with van der Waals surface area (Å²) in [4.78, 5) is 0.249. The number of hydrogen-bond donors (Lipinski definition) is 2. The zero-order valence-electron chi connectivity index (χ0n) is 14.9. The van der Waals surface area contributed by atoms with Gasteiger partial charge in [-0.2, -0.15) is 0 Å². The molecule has 2 aromatic carbocycles. The fourth-order valence-corrected chi connectivity index (χ4v) is 3.97. The van der Waals surface area contributed by atoms with E-state index in [2.05, 4.69) is 18.6 Å². The van der Waals surface area contributed by atoms with Crippen LogP contribution in [0.3, 0.4) is 0 Å². The molecule has 2 aromatic rings. The summed E-state index contributed by atoms with van der Waals surface area (Å²) in [6, 6.07) is 12.5. The second-order valence-electron chi connectivity index (χ2n) is 6.65. The van der Waals surface area contributed by atoms with E-state index >= 15 is 0 Å². The second-order valence-corrected chi connectivity index (χ2v) is 8.41. The Morgan fingerprint density at radius 1 is 1.12 bits per heavy atom. The van der Waals surface area contributed by atoms with Crippen molar-refractivity contribution in [2.24, 2.45) is 5.73 Å².